The molecule has 0 saturated carbocycles. The van der Waals surface area contributed by atoms with E-state index in [2.05, 4.69) is 51.9 Å². The first-order valence-corrected chi connectivity index (χ1v) is 7.48. The molecule has 0 radical (unpaired) electrons. The molecule has 0 bridgehead atoms. The number of hydrogen-bond donors (Lipinski definition) is 1. The minimum Gasteiger partial charge on any atom is -0.266 e. The minimum atomic E-state index is 0.813. The first kappa shape index (κ1) is 14.3. The van der Waals surface area contributed by atoms with Crippen LogP contribution < -0.4 is 5.43 Å². The zero-order valence-corrected chi connectivity index (χ0v) is 12.7. The summed E-state index contributed by atoms with van der Waals surface area (Å²) < 4.78 is 0. The largest absolute Gasteiger partial charge is 0.266 e. The number of nitrogens with zero attached hydrogens (tertiary/aromatic N) is 2. The van der Waals surface area contributed by atoms with Crippen molar-refractivity contribution >= 4 is 18.1 Å². The van der Waals surface area contributed by atoms with E-state index in [4.69, 9.17) is 0 Å². The van der Waals surface area contributed by atoms with Gasteiger partial charge in [0.1, 0.15) is 5.84 Å². The van der Waals surface area contributed by atoms with Gasteiger partial charge in [0.25, 0.3) is 0 Å². The smallest absolute Gasteiger partial charge is 0.149 e. The van der Waals surface area contributed by atoms with Crippen molar-refractivity contribution in [3.8, 4) is 0 Å². The van der Waals surface area contributed by atoms with Gasteiger partial charge in [0.05, 0.1) is 6.21 Å². The second-order valence-electron chi connectivity index (χ2n) is 5.31. The third kappa shape index (κ3) is 3.50. The van der Waals surface area contributed by atoms with E-state index >= 15 is 0 Å². The van der Waals surface area contributed by atoms with E-state index in [1.807, 2.05) is 37.4 Å². The van der Waals surface area contributed by atoms with Gasteiger partial charge in [-0.15, -0.1) is 0 Å². The molecule has 0 aliphatic carbocycles. The molecular formula is C19H19N3. The molecule has 0 unspecified atom stereocenters. The SMILES string of the molecule is CC(C=NNC1=NCCc2ccccc21)=Cc1ccccc1. The van der Waals surface area contributed by atoms with Crippen LogP contribution in [0.25, 0.3) is 6.08 Å². The van der Waals surface area contributed by atoms with Crippen molar-refractivity contribution < 1.29 is 0 Å². The molecule has 0 saturated heterocycles. The Kier molecular flexibility index (Phi) is 4.44. The predicted molar refractivity (Wildman–Crippen MR) is 93.3 cm³/mol. The van der Waals surface area contributed by atoms with Gasteiger partial charge < -0.3 is 0 Å². The number of hydrazone groups is 1. The maximum Gasteiger partial charge on any atom is 0.149 e. The van der Waals surface area contributed by atoms with E-state index in [9.17, 15) is 0 Å². The Morgan fingerprint density at radius 1 is 1.09 bits per heavy atom. The highest BCUT2D eigenvalue weighted by Crippen LogP contribution is 2.14. The number of nitrogens with one attached hydrogen (secondary N) is 1. The van der Waals surface area contributed by atoms with E-state index in [0.29, 0.717) is 0 Å². The summed E-state index contributed by atoms with van der Waals surface area (Å²) in [7, 11) is 0. The lowest BCUT2D eigenvalue weighted by Crippen LogP contribution is -2.24. The summed E-state index contributed by atoms with van der Waals surface area (Å²) in [6, 6.07) is 18.6. The molecule has 3 rings (SSSR count). The van der Waals surface area contributed by atoms with Crippen LogP contribution in [0.4, 0.5) is 0 Å². The van der Waals surface area contributed by atoms with Crippen LogP contribution in [0.15, 0.2) is 70.3 Å². The summed E-state index contributed by atoms with van der Waals surface area (Å²) in [5.41, 5.74) is 7.81. The molecule has 1 heterocycles. The average Bonchev–Trinajstić information content (AvgIpc) is 2.56. The van der Waals surface area contributed by atoms with Crippen molar-refractivity contribution in [2.75, 3.05) is 6.54 Å². The lowest BCUT2D eigenvalue weighted by molar-refractivity contribution is 0.902. The molecule has 0 amide bonds. The van der Waals surface area contributed by atoms with Crippen molar-refractivity contribution in [3.63, 3.8) is 0 Å². The minimum absolute atomic E-state index is 0.813. The number of benzene rings is 2. The molecule has 3 heteroatoms. The topological polar surface area (TPSA) is 36.8 Å². The standard InChI is InChI=1S/C19H19N3/c1-15(13-16-7-3-2-4-8-16)14-21-22-19-18-10-6-5-9-17(18)11-12-20-19/h2-10,13-14H,11-12H2,1H3,(H,20,22). The number of aliphatic imine (C=N–C) groups is 1. The van der Waals surface area contributed by atoms with Gasteiger partial charge in [0, 0.05) is 12.1 Å². The molecule has 0 aromatic heterocycles. The number of fused-ring (bicyclic) bond motifs is 1. The second kappa shape index (κ2) is 6.85. The lowest BCUT2D eigenvalue weighted by Gasteiger charge is -2.15. The molecule has 3 nitrogen and oxygen atoms in total. The maximum atomic E-state index is 4.52. The summed E-state index contributed by atoms with van der Waals surface area (Å²) in [5, 5.41) is 4.32. The van der Waals surface area contributed by atoms with Gasteiger partial charge in [-0.05, 0) is 30.0 Å². The van der Waals surface area contributed by atoms with Crippen LogP contribution in [0.5, 0.6) is 0 Å². The van der Waals surface area contributed by atoms with Crippen molar-refractivity contribution in [1.82, 2.24) is 5.43 Å². The fraction of sp³-hybridized carbons (Fsp3) is 0.158. The quantitative estimate of drug-likeness (QED) is 0.679. The van der Waals surface area contributed by atoms with Gasteiger partial charge in [0.15, 0.2) is 0 Å². The highest BCUT2D eigenvalue weighted by molar-refractivity contribution is 6.01. The Balaban J connectivity index is 1.68. The average molecular weight is 289 g/mol. The maximum absolute atomic E-state index is 4.52. The van der Waals surface area contributed by atoms with Crippen molar-refractivity contribution in [2.24, 2.45) is 10.1 Å². The molecule has 1 N–H and O–H groups in total. The lowest BCUT2D eigenvalue weighted by atomic mass is 10.0. The molecule has 110 valence electrons. The van der Waals surface area contributed by atoms with Gasteiger partial charge in [-0.25, -0.2) is 0 Å². The van der Waals surface area contributed by atoms with E-state index in [1.54, 1.807) is 0 Å². The summed E-state index contributed by atoms with van der Waals surface area (Å²) >= 11 is 0. The Labute approximate surface area is 131 Å². The van der Waals surface area contributed by atoms with Gasteiger partial charge in [-0.2, -0.15) is 5.10 Å². The molecule has 0 fully saturated rings. The number of rotatable bonds is 3. The Morgan fingerprint density at radius 2 is 1.86 bits per heavy atom. The highest BCUT2D eigenvalue weighted by Gasteiger charge is 2.12. The van der Waals surface area contributed by atoms with Crippen LogP contribution in [0.1, 0.15) is 23.6 Å². The number of amidine groups is 1. The van der Waals surface area contributed by atoms with E-state index < -0.39 is 0 Å². The molecule has 1 aliphatic rings. The van der Waals surface area contributed by atoms with Gasteiger partial charge in [-0.1, -0.05) is 60.7 Å². The Hall–Kier alpha value is -2.68. The van der Waals surface area contributed by atoms with Crippen LogP contribution in [0, 0.1) is 0 Å². The Bertz CT molecular complexity index is 727. The van der Waals surface area contributed by atoms with E-state index in [1.165, 1.54) is 11.1 Å². The molecule has 0 atom stereocenters. The zero-order valence-electron chi connectivity index (χ0n) is 12.7. The molecule has 22 heavy (non-hydrogen) atoms. The van der Waals surface area contributed by atoms with Crippen LogP contribution >= 0.6 is 0 Å². The monoisotopic (exact) mass is 289 g/mol. The predicted octanol–water partition coefficient (Wildman–Crippen LogP) is 3.67. The molecule has 1 aliphatic heterocycles. The van der Waals surface area contributed by atoms with Gasteiger partial charge in [0.2, 0.25) is 0 Å². The Morgan fingerprint density at radius 3 is 2.73 bits per heavy atom. The first-order chi connectivity index (χ1) is 10.8. The normalized spacial score (nSPS) is 14.6. The molecule has 2 aromatic rings. The van der Waals surface area contributed by atoms with Crippen LogP contribution in [0.2, 0.25) is 0 Å². The highest BCUT2D eigenvalue weighted by atomic mass is 15.3. The zero-order chi connectivity index (χ0) is 15.2. The summed E-state index contributed by atoms with van der Waals surface area (Å²) in [4.78, 5) is 4.52. The van der Waals surface area contributed by atoms with E-state index in [0.717, 1.165) is 29.9 Å². The second-order valence-corrected chi connectivity index (χ2v) is 5.31. The molecule has 2 aromatic carbocycles. The number of hydrogen-bond acceptors (Lipinski definition) is 3. The fourth-order valence-electron chi connectivity index (χ4n) is 2.48. The van der Waals surface area contributed by atoms with Crippen molar-refractivity contribution in [2.45, 2.75) is 13.3 Å². The van der Waals surface area contributed by atoms with E-state index in [-0.39, 0.29) is 0 Å². The molecule has 0 spiro atoms. The fourth-order valence-corrected chi connectivity index (χ4v) is 2.48. The third-order valence-electron chi connectivity index (χ3n) is 3.56. The van der Waals surface area contributed by atoms with Crippen LogP contribution in [0.3, 0.4) is 0 Å². The van der Waals surface area contributed by atoms with Crippen molar-refractivity contribution in [3.05, 3.63) is 76.9 Å². The first-order valence-electron chi connectivity index (χ1n) is 7.48. The van der Waals surface area contributed by atoms with Crippen LogP contribution in [-0.2, 0) is 6.42 Å². The van der Waals surface area contributed by atoms with Gasteiger partial charge in [-0.3, -0.25) is 10.4 Å². The van der Waals surface area contributed by atoms with Gasteiger partial charge >= 0.3 is 0 Å². The number of allylic oxidation sites excluding steroid dienone is 1. The third-order valence-corrected chi connectivity index (χ3v) is 3.56. The summed E-state index contributed by atoms with van der Waals surface area (Å²) in [6.07, 6.45) is 4.92. The molecular weight excluding hydrogens is 270 g/mol. The summed E-state index contributed by atoms with van der Waals surface area (Å²) in [6.45, 7) is 2.85. The van der Waals surface area contributed by atoms with Crippen LogP contribution in [-0.4, -0.2) is 18.6 Å². The van der Waals surface area contributed by atoms with Crippen molar-refractivity contribution in [1.29, 1.82) is 0 Å². The summed E-state index contributed by atoms with van der Waals surface area (Å²) in [5.74, 6) is 0.852.